The molecule has 0 amide bonds. The standard InChI is InChI=1S/C19H23BrCl2N2O3/c1-26-18-10-13(11-24-6-5-23-7-8-25)9-15(20)19(18)27-12-14-16(21)3-2-4-17(14)22/h2-4,9-10,23-25H,5-8,11-12H2,1H3. The summed E-state index contributed by atoms with van der Waals surface area (Å²) < 4.78 is 12.2. The molecular weight excluding hydrogens is 455 g/mol. The molecule has 0 saturated carbocycles. The maximum absolute atomic E-state index is 8.73. The van der Waals surface area contributed by atoms with Crippen LogP contribution in [-0.4, -0.2) is 38.5 Å². The van der Waals surface area contributed by atoms with Gasteiger partial charge in [0.1, 0.15) is 6.61 Å². The summed E-state index contributed by atoms with van der Waals surface area (Å²) in [5.74, 6) is 1.23. The molecule has 0 atom stereocenters. The number of halogens is 3. The third-order valence-corrected chi connectivity index (χ3v) is 5.11. The van der Waals surface area contributed by atoms with Gasteiger partial charge in [-0.3, -0.25) is 0 Å². The molecule has 148 valence electrons. The van der Waals surface area contributed by atoms with E-state index in [1.165, 1.54) is 0 Å². The molecule has 0 unspecified atom stereocenters. The summed E-state index contributed by atoms with van der Waals surface area (Å²) in [7, 11) is 1.60. The number of hydrogen-bond acceptors (Lipinski definition) is 5. The van der Waals surface area contributed by atoms with E-state index < -0.39 is 0 Å². The van der Waals surface area contributed by atoms with E-state index in [0.717, 1.165) is 28.7 Å². The van der Waals surface area contributed by atoms with Crippen molar-refractivity contribution < 1.29 is 14.6 Å². The van der Waals surface area contributed by atoms with Crippen LogP contribution in [0, 0.1) is 0 Å². The molecule has 0 aliphatic heterocycles. The molecule has 0 aliphatic rings. The Labute approximate surface area is 178 Å². The molecule has 0 heterocycles. The molecule has 8 heteroatoms. The van der Waals surface area contributed by atoms with E-state index in [1.54, 1.807) is 25.3 Å². The zero-order valence-electron chi connectivity index (χ0n) is 15.0. The van der Waals surface area contributed by atoms with Crippen molar-refractivity contribution in [3.63, 3.8) is 0 Å². The number of hydrogen-bond donors (Lipinski definition) is 3. The van der Waals surface area contributed by atoms with Gasteiger partial charge < -0.3 is 25.2 Å². The Morgan fingerprint density at radius 3 is 2.44 bits per heavy atom. The third-order valence-electron chi connectivity index (χ3n) is 3.81. The molecular formula is C19H23BrCl2N2O3. The first kappa shape index (κ1) is 22.3. The van der Waals surface area contributed by atoms with E-state index >= 15 is 0 Å². The molecule has 0 saturated heterocycles. The van der Waals surface area contributed by atoms with Gasteiger partial charge in [0.15, 0.2) is 11.5 Å². The zero-order chi connectivity index (χ0) is 19.6. The molecule has 2 aromatic carbocycles. The van der Waals surface area contributed by atoms with Crippen LogP contribution in [0.3, 0.4) is 0 Å². The highest BCUT2D eigenvalue weighted by Gasteiger charge is 2.14. The lowest BCUT2D eigenvalue weighted by molar-refractivity contribution is 0.282. The van der Waals surface area contributed by atoms with Gasteiger partial charge in [0.25, 0.3) is 0 Å². The summed E-state index contributed by atoms with van der Waals surface area (Å²) in [6, 6.07) is 9.28. The lowest BCUT2D eigenvalue weighted by atomic mass is 10.2. The topological polar surface area (TPSA) is 62.8 Å². The molecule has 0 fully saturated rings. The van der Waals surface area contributed by atoms with Crippen molar-refractivity contribution in [2.24, 2.45) is 0 Å². The van der Waals surface area contributed by atoms with Crippen LogP contribution >= 0.6 is 39.1 Å². The predicted molar refractivity (Wildman–Crippen MR) is 113 cm³/mol. The minimum atomic E-state index is 0.144. The molecule has 0 bridgehead atoms. The van der Waals surface area contributed by atoms with Crippen molar-refractivity contribution in [2.75, 3.05) is 33.4 Å². The summed E-state index contributed by atoms with van der Waals surface area (Å²) in [5, 5.41) is 16.3. The van der Waals surface area contributed by atoms with Crippen LogP contribution in [0.4, 0.5) is 0 Å². The van der Waals surface area contributed by atoms with Gasteiger partial charge in [0.05, 0.1) is 18.2 Å². The summed E-state index contributed by atoms with van der Waals surface area (Å²) >= 11 is 16.0. The highest BCUT2D eigenvalue weighted by atomic mass is 79.9. The lowest BCUT2D eigenvalue weighted by Crippen LogP contribution is -2.28. The zero-order valence-corrected chi connectivity index (χ0v) is 18.1. The summed E-state index contributed by atoms with van der Waals surface area (Å²) in [6.45, 7) is 3.25. The summed E-state index contributed by atoms with van der Waals surface area (Å²) in [4.78, 5) is 0. The lowest BCUT2D eigenvalue weighted by Gasteiger charge is -2.16. The highest BCUT2D eigenvalue weighted by molar-refractivity contribution is 9.10. The molecule has 2 rings (SSSR count). The summed E-state index contributed by atoms with van der Waals surface area (Å²) in [5.41, 5.74) is 1.79. The number of nitrogens with one attached hydrogen (secondary N) is 2. The van der Waals surface area contributed by atoms with E-state index in [-0.39, 0.29) is 13.2 Å². The second-order valence-corrected chi connectivity index (χ2v) is 7.42. The average molecular weight is 478 g/mol. The van der Waals surface area contributed by atoms with Gasteiger partial charge in [-0.15, -0.1) is 0 Å². The summed E-state index contributed by atoms with van der Waals surface area (Å²) in [6.07, 6.45) is 0. The molecule has 27 heavy (non-hydrogen) atoms. The first-order valence-corrected chi connectivity index (χ1v) is 10.1. The average Bonchev–Trinajstić information content (AvgIpc) is 2.65. The minimum absolute atomic E-state index is 0.144. The van der Waals surface area contributed by atoms with Gasteiger partial charge in [-0.1, -0.05) is 29.3 Å². The van der Waals surface area contributed by atoms with Crippen LogP contribution < -0.4 is 20.1 Å². The molecule has 5 nitrogen and oxygen atoms in total. The maximum atomic E-state index is 8.73. The van der Waals surface area contributed by atoms with Gasteiger partial charge >= 0.3 is 0 Å². The van der Waals surface area contributed by atoms with E-state index in [9.17, 15) is 0 Å². The molecule has 2 aromatic rings. The smallest absolute Gasteiger partial charge is 0.175 e. The van der Waals surface area contributed by atoms with Crippen molar-refractivity contribution in [2.45, 2.75) is 13.2 Å². The second-order valence-electron chi connectivity index (χ2n) is 5.75. The van der Waals surface area contributed by atoms with Crippen molar-refractivity contribution in [1.29, 1.82) is 0 Å². The van der Waals surface area contributed by atoms with E-state index in [1.807, 2.05) is 12.1 Å². The molecule has 0 radical (unpaired) electrons. The minimum Gasteiger partial charge on any atom is -0.493 e. The quantitative estimate of drug-likeness (QED) is 0.427. The highest BCUT2D eigenvalue weighted by Crippen LogP contribution is 2.38. The fourth-order valence-electron chi connectivity index (χ4n) is 2.44. The number of methoxy groups -OCH3 is 1. The Kier molecular flexibility index (Phi) is 9.68. The maximum Gasteiger partial charge on any atom is 0.175 e. The molecule has 0 spiro atoms. The Hall–Kier alpha value is -1.02. The number of benzene rings is 2. The van der Waals surface area contributed by atoms with E-state index in [2.05, 4.69) is 26.6 Å². The first-order chi connectivity index (χ1) is 13.1. The van der Waals surface area contributed by atoms with Crippen LogP contribution in [0.25, 0.3) is 0 Å². The van der Waals surface area contributed by atoms with E-state index in [0.29, 0.717) is 34.6 Å². The van der Waals surface area contributed by atoms with E-state index in [4.69, 9.17) is 37.8 Å². The fourth-order valence-corrected chi connectivity index (χ4v) is 3.55. The van der Waals surface area contributed by atoms with Crippen molar-refractivity contribution in [1.82, 2.24) is 10.6 Å². The van der Waals surface area contributed by atoms with Crippen LogP contribution in [-0.2, 0) is 13.2 Å². The SMILES string of the molecule is COc1cc(CNCCNCCO)cc(Br)c1OCc1c(Cl)cccc1Cl. The van der Waals surface area contributed by atoms with Crippen molar-refractivity contribution in [3.8, 4) is 11.5 Å². The van der Waals surface area contributed by atoms with Crippen LogP contribution in [0.15, 0.2) is 34.8 Å². The Balaban J connectivity index is 2.01. The van der Waals surface area contributed by atoms with Crippen LogP contribution in [0.5, 0.6) is 11.5 Å². The van der Waals surface area contributed by atoms with Gasteiger partial charge in [-0.05, 0) is 45.8 Å². The number of aliphatic hydroxyl groups excluding tert-OH is 1. The van der Waals surface area contributed by atoms with Gasteiger partial charge in [-0.2, -0.15) is 0 Å². The van der Waals surface area contributed by atoms with Gasteiger partial charge in [0, 0.05) is 41.8 Å². The number of rotatable bonds is 11. The Morgan fingerprint density at radius 1 is 1.07 bits per heavy atom. The Bertz CT molecular complexity index is 727. The van der Waals surface area contributed by atoms with Gasteiger partial charge in [-0.25, -0.2) is 0 Å². The van der Waals surface area contributed by atoms with Crippen molar-refractivity contribution in [3.05, 3.63) is 56.0 Å². The van der Waals surface area contributed by atoms with Crippen molar-refractivity contribution >= 4 is 39.1 Å². The number of ether oxygens (including phenoxy) is 2. The number of aliphatic hydroxyl groups is 1. The van der Waals surface area contributed by atoms with Crippen LogP contribution in [0.2, 0.25) is 10.0 Å². The molecule has 3 N–H and O–H groups in total. The predicted octanol–water partition coefficient (Wildman–Crippen LogP) is 4.02. The first-order valence-electron chi connectivity index (χ1n) is 8.51. The molecule has 0 aromatic heterocycles. The van der Waals surface area contributed by atoms with Crippen LogP contribution in [0.1, 0.15) is 11.1 Å². The largest absolute Gasteiger partial charge is 0.493 e. The molecule has 0 aliphatic carbocycles. The normalized spacial score (nSPS) is 10.9. The van der Waals surface area contributed by atoms with Gasteiger partial charge in [0.2, 0.25) is 0 Å². The fraction of sp³-hybridized carbons (Fsp3) is 0.368. The monoisotopic (exact) mass is 476 g/mol. The third kappa shape index (κ3) is 6.82. The Morgan fingerprint density at radius 2 is 1.78 bits per heavy atom. The second kappa shape index (κ2) is 11.7.